The molecule has 0 amide bonds. The number of aryl methyl sites for hydroxylation is 1. The minimum atomic E-state index is 0.543. The van der Waals surface area contributed by atoms with Gasteiger partial charge in [-0.15, -0.1) is 11.3 Å². The van der Waals surface area contributed by atoms with Crippen molar-refractivity contribution in [2.24, 2.45) is 0 Å². The van der Waals surface area contributed by atoms with Gasteiger partial charge in [0.05, 0.1) is 11.2 Å². The minimum absolute atomic E-state index is 0.543. The Labute approximate surface area is 90.1 Å². The van der Waals surface area contributed by atoms with Crippen LogP contribution >= 0.6 is 11.3 Å². The average molecular weight is 210 g/mol. The van der Waals surface area contributed by atoms with E-state index < -0.39 is 0 Å². The summed E-state index contributed by atoms with van der Waals surface area (Å²) in [5.41, 5.74) is 4.37. The first kappa shape index (κ1) is 11.4. The average Bonchev–Trinajstić information content (AvgIpc) is 2.49. The molecule has 0 aliphatic carbocycles. The molecule has 1 heterocycles. The fraction of sp³-hybridized carbons (Fsp3) is 0.545. The molecule has 0 fully saturated rings. The maximum Gasteiger partial charge on any atom is 0.0801 e. The Morgan fingerprint density at radius 2 is 2.36 bits per heavy atom. The van der Waals surface area contributed by atoms with Crippen LogP contribution in [0.4, 0.5) is 0 Å². The molecule has 1 N–H and O–H groups in total. The summed E-state index contributed by atoms with van der Waals surface area (Å²) in [6.45, 7) is 9.46. The molecule has 0 aliphatic rings. The van der Waals surface area contributed by atoms with Crippen molar-refractivity contribution >= 4 is 17.4 Å². The molecule has 0 aromatic carbocycles. The van der Waals surface area contributed by atoms with E-state index in [4.69, 9.17) is 0 Å². The van der Waals surface area contributed by atoms with Gasteiger partial charge in [0, 0.05) is 17.5 Å². The third kappa shape index (κ3) is 3.60. The molecule has 0 bridgehead atoms. The largest absolute Gasteiger partial charge is 0.311 e. The van der Waals surface area contributed by atoms with Crippen molar-refractivity contribution in [2.45, 2.75) is 33.7 Å². The topological polar surface area (TPSA) is 24.9 Å². The van der Waals surface area contributed by atoms with E-state index in [1.54, 1.807) is 11.3 Å². The van der Waals surface area contributed by atoms with Crippen LogP contribution in [-0.4, -0.2) is 17.6 Å². The van der Waals surface area contributed by atoms with E-state index >= 15 is 0 Å². The first-order chi connectivity index (χ1) is 6.59. The number of hydrogen-bond acceptors (Lipinski definition) is 3. The van der Waals surface area contributed by atoms with Crippen molar-refractivity contribution in [1.82, 2.24) is 10.3 Å². The van der Waals surface area contributed by atoms with Gasteiger partial charge in [-0.05, 0) is 19.9 Å². The van der Waals surface area contributed by atoms with E-state index in [-0.39, 0.29) is 0 Å². The van der Waals surface area contributed by atoms with Gasteiger partial charge in [0.2, 0.25) is 0 Å². The Morgan fingerprint density at radius 3 is 2.86 bits per heavy atom. The Kier molecular flexibility index (Phi) is 4.29. The van der Waals surface area contributed by atoms with Crippen LogP contribution in [0.3, 0.4) is 0 Å². The molecular weight excluding hydrogens is 192 g/mol. The molecule has 14 heavy (non-hydrogen) atoms. The van der Waals surface area contributed by atoms with E-state index in [2.05, 4.69) is 37.1 Å². The van der Waals surface area contributed by atoms with E-state index in [0.717, 1.165) is 12.2 Å². The van der Waals surface area contributed by atoms with Crippen LogP contribution in [0.15, 0.2) is 11.1 Å². The Balaban J connectivity index is 2.56. The summed E-state index contributed by atoms with van der Waals surface area (Å²) < 4.78 is 0. The summed E-state index contributed by atoms with van der Waals surface area (Å²) in [4.78, 5) is 5.49. The minimum Gasteiger partial charge on any atom is -0.311 e. The lowest BCUT2D eigenvalue weighted by Crippen LogP contribution is -2.24. The molecule has 2 nitrogen and oxygen atoms in total. The molecule has 0 radical (unpaired) electrons. The maximum atomic E-state index is 4.22. The molecule has 0 saturated carbocycles. The van der Waals surface area contributed by atoms with Crippen LogP contribution < -0.4 is 5.32 Å². The maximum absolute atomic E-state index is 4.22. The van der Waals surface area contributed by atoms with Gasteiger partial charge < -0.3 is 5.32 Å². The number of thiazole rings is 1. The number of nitrogens with one attached hydrogen (secondary N) is 1. The third-order valence-corrected chi connectivity index (χ3v) is 2.83. The van der Waals surface area contributed by atoms with Gasteiger partial charge in [-0.2, -0.15) is 0 Å². The zero-order valence-corrected chi connectivity index (χ0v) is 10.1. The monoisotopic (exact) mass is 210 g/mol. The van der Waals surface area contributed by atoms with Gasteiger partial charge in [-0.1, -0.05) is 19.4 Å². The fourth-order valence-electron chi connectivity index (χ4n) is 1.09. The Hall–Kier alpha value is -0.670. The van der Waals surface area contributed by atoms with Crippen LogP contribution in [-0.2, 0) is 0 Å². The predicted molar refractivity (Wildman–Crippen MR) is 63.6 cm³/mol. The van der Waals surface area contributed by atoms with E-state index in [1.165, 1.54) is 10.5 Å². The summed E-state index contributed by atoms with van der Waals surface area (Å²) in [6.07, 6.45) is 2.21. The van der Waals surface area contributed by atoms with Crippen molar-refractivity contribution in [3.8, 4) is 0 Å². The third-order valence-electron chi connectivity index (χ3n) is 1.95. The molecule has 3 heteroatoms. The molecule has 1 aromatic rings. The second-order valence-corrected chi connectivity index (χ2v) is 4.71. The highest BCUT2D eigenvalue weighted by Gasteiger charge is 1.99. The molecule has 0 atom stereocenters. The standard InChI is InChI=1S/C11H18N2S/c1-8(2)12-6-9(3)5-11-10(4)13-7-14-11/h5,7-8,12H,6H2,1-4H3. The van der Waals surface area contributed by atoms with Gasteiger partial charge >= 0.3 is 0 Å². The summed E-state index contributed by atoms with van der Waals surface area (Å²) in [7, 11) is 0. The van der Waals surface area contributed by atoms with Crippen LogP contribution in [0.2, 0.25) is 0 Å². The molecule has 78 valence electrons. The molecule has 0 aliphatic heterocycles. The van der Waals surface area contributed by atoms with Crippen LogP contribution in [0.25, 0.3) is 6.08 Å². The summed E-state index contributed by atoms with van der Waals surface area (Å²) >= 11 is 1.70. The van der Waals surface area contributed by atoms with E-state index in [9.17, 15) is 0 Å². The van der Waals surface area contributed by atoms with Gasteiger partial charge in [0.1, 0.15) is 0 Å². The van der Waals surface area contributed by atoms with Crippen molar-refractivity contribution in [1.29, 1.82) is 0 Å². The highest BCUT2D eigenvalue weighted by atomic mass is 32.1. The number of nitrogens with zero attached hydrogens (tertiary/aromatic N) is 1. The van der Waals surface area contributed by atoms with Crippen LogP contribution in [0.5, 0.6) is 0 Å². The Morgan fingerprint density at radius 1 is 1.64 bits per heavy atom. The van der Waals surface area contributed by atoms with Crippen molar-refractivity contribution in [3.63, 3.8) is 0 Å². The fourth-order valence-corrected chi connectivity index (χ4v) is 1.91. The lowest BCUT2D eigenvalue weighted by Gasteiger charge is -2.07. The lowest BCUT2D eigenvalue weighted by atomic mass is 10.2. The number of rotatable bonds is 4. The summed E-state index contributed by atoms with van der Waals surface area (Å²) in [5, 5.41) is 3.39. The quantitative estimate of drug-likeness (QED) is 0.826. The molecule has 1 aromatic heterocycles. The van der Waals surface area contributed by atoms with Crippen molar-refractivity contribution in [3.05, 3.63) is 21.7 Å². The van der Waals surface area contributed by atoms with Crippen LogP contribution in [0.1, 0.15) is 31.3 Å². The molecule has 1 rings (SSSR count). The molecular formula is C11H18N2S. The van der Waals surface area contributed by atoms with Crippen molar-refractivity contribution < 1.29 is 0 Å². The van der Waals surface area contributed by atoms with Gasteiger partial charge in [-0.3, -0.25) is 0 Å². The first-order valence-corrected chi connectivity index (χ1v) is 5.78. The molecule has 0 saturated heterocycles. The van der Waals surface area contributed by atoms with Gasteiger partial charge in [-0.25, -0.2) is 4.98 Å². The van der Waals surface area contributed by atoms with E-state index in [1.807, 2.05) is 12.4 Å². The number of aromatic nitrogens is 1. The van der Waals surface area contributed by atoms with Gasteiger partial charge in [0.25, 0.3) is 0 Å². The van der Waals surface area contributed by atoms with Crippen LogP contribution in [0, 0.1) is 6.92 Å². The highest BCUT2D eigenvalue weighted by molar-refractivity contribution is 7.10. The Bertz CT molecular complexity index is 313. The second kappa shape index (κ2) is 5.27. The zero-order chi connectivity index (χ0) is 10.6. The van der Waals surface area contributed by atoms with Gasteiger partial charge in [0.15, 0.2) is 0 Å². The first-order valence-electron chi connectivity index (χ1n) is 4.90. The zero-order valence-electron chi connectivity index (χ0n) is 9.29. The SMILES string of the molecule is CC(=Cc1scnc1C)CNC(C)C. The highest BCUT2D eigenvalue weighted by Crippen LogP contribution is 2.15. The predicted octanol–water partition coefficient (Wildman–Crippen LogP) is 2.85. The number of hydrogen-bond donors (Lipinski definition) is 1. The summed E-state index contributed by atoms with van der Waals surface area (Å²) in [6, 6.07) is 0.543. The molecule has 0 spiro atoms. The van der Waals surface area contributed by atoms with Crippen molar-refractivity contribution in [2.75, 3.05) is 6.54 Å². The second-order valence-electron chi connectivity index (χ2n) is 3.83. The molecule has 0 unspecified atom stereocenters. The van der Waals surface area contributed by atoms with E-state index in [0.29, 0.717) is 6.04 Å². The summed E-state index contributed by atoms with van der Waals surface area (Å²) in [5.74, 6) is 0. The lowest BCUT2D eigenvalue weighted by molar-refractivity contribution is 0.623. The normalized spacial score (nSPS) is 12.5. The smallest absolute Gasteiger partial charge is 0.0801 e.